The van der Waals surface area contributed by atoms with Gasteiger partial charge in [0, 0.05) is 90.7 Å². The highest BCUT2D eigenvalue weighted by molar-refractivity contribution is 6.40. The van der Waals surface area contributed by atoms with Crippen LogP contribution in [0.4, 0.5) is 0 Å². The van der Waals surface area contributed by atoms with Crippen molar-refractivity contribution in [2.75, 3.05) is 0 Å². The highest BCUT2D eigenvalue weighted by Gasteiger charge is 2.46. The number of hydrogen-bond donors (Lipinski definition) is 0. The van der Waals surface area contributed by atoms with E-state index in [4.69, 9.17) is 36.3 Å². The molecule has 0 N–H and O–H groups in total. The van der Waals surface area contributed by atoms with Gasteiger partial charge in [0.25, 0.3) is 0 Å². The second kappa shape index (κ2) is 31.8. The summed E-state index contributed by atoms with van der Waals surface area (Å²) in [5.74, 6) is 4.39. The molecular weight excluding hydrogens is 1480 g/mol. The molecule has 0 saturated heterocycles. The molecule has 8 heterocycles. The quantitative estimate of drug-likeness (QED) is 0.0757. The maximum atomic E-state index is 6.53. The minimum atomic E-state index is -2.90. The van der Waals surface area contributed by atoms with E-state index >= 15 is 0 Å². The number of aryl methyl sites for hydroxylation is 8. The van der Waals surface area contributed by atoms with Crippen LogP contribution in [0.3, 0.4) is 0 Å². The number of pyridine rings is 5. The fourth-order valence-electron chi connectivity index (χ4n) is 16.0. The van der Waals surface area contributed by atoms with Gasteiger partial charge in [0.2, 0.25) is 0 Å². The van der Waals surface area contributed by atoms with Crippen molar-refractivity contribution in [2.45, 2.75) is 55.4 Å². The minimum absolute atomic E-state index is 0.617. The summed E-state index contributed by atoms with van der Waals surface area (Å²) in [6.07, 6.45) is 5.30. The third-order valence-electron chi connectivity index (χ3n) is 22.0. The monoisotopic (exact) mass is 1560 g/mol. The van der Waals surface area contributed by atoms with Gasteiger partial charge < -0.3 is 11.4 Å². The molecule has 21 aromatic rings. The average molecular weight is 1560 g/mol. The van der Waals surface area contributed by atoms with E-state index < -0.39 is 15.1 Å². The zero-order valence-corrected chi connectivity index (χ0v) is 68.2. The van der Waals surface area contributed by atoms with Crippen LogP contribution in [-0.4, -0.2) is 68.7 Å². The van der Waals surface area contributed by atoms with Gasteiger partial charge in [-0.25, -0.2) is 15.0 Å². The molecule has 0 saturated carbocycles. The molecule has 0 aliphatic heterocycles. The summed E-state index contributed by atoms with van der Waals surface area (Å²) in [5.41, 5.74) is 30.0. The highest BCUT2D eigenvalue weighted by Crippen LogP contribution is 2.42. The van der Waals surface area contributed by atoms with Crippen LogP contribution in [-0.2, 0) is 0 Å². The van der Waals surface area contributed by atoms with Crippen molar-refractivity contribution in [1.29, 1.82) is 0 Å². The molecule has 0 atom stereocenters. The molecular formula is C104H80AlN11O3. The van der Waals surface area contributed by atoms with E-state index in [9.17, 15) is 0 Å². The largest absolute Gasteiger partial charge is 1.20 e. The summed E-state index contributed by atoms with van der Waals surface area (Å²) in [7, 11) is 0. The van der Waals surface area contributed by atoms with Crippen molar-refractivity contribution in [3.05, 3.63) is 385 Å². The third-order valence-corrected chi connectivity index (χ3v) is 23.3. The second-order valence-electron chi connectivity index (χ2n) is 30.3. The smallest absolute Gasteiger partial charge is 0.576 e. The molecule has 0 fully saturated rings. The molecule has 0 spiro atoms. The Bertz CT molecular complexity index is 6780. The lowest BCUT2D eigenvalue weighted by atomic mass is 9.95. The van der Waals surface area contributed by atoms with Crippen molar-refractivity contribution in [3.8, 4) is 90.7 Å². The Hall–Kier alpha value is -14.7. The molecule has 0 radical (unpaired) electrons. The molecule has 14 nitrogen and oxygen atoms in total. The van der Waals surface area contributed by atoms with Crippen molar-refractivity contribution >= 4 is 103 Å². The predicted molar refractivity (Wildman–Crippen MR) is 485 cm³/mol. The summed E-state index contributed by atoms with van der Waals surface area (Å²) in [4.78, 5) is 39.6. The van der Waals surface area contributed by atoms with Crippen LogP contribution < -0.4 is 11.4 Å². The van der Waals surface area contributed by atoms with E-state index in [1.807, 2.05) is 103 Å². The highest BCUT2D eigenvalue weighted by atomic mass is 27.3. The molecule has 0 unspecified atom stereocenters. The molecule has 21 rings (SSSR count). The first-order valence-electron chi connectivity index (χ1n) is 39.9. The van der Waals surface area contributed by atoms with Crippen LogP contribution in [0.2, 0.25) is 0 Å². The van der Waals surface area contributed by atoms with Crippen molar-refractivity contribution in [1.82, 2.24) is 53.6 Å². The SMILES string of the molecule is Cc1cc(-c2ccccc2)c2ccc3c(-c4ccccc4)cc(C)nc3c2n1.Cc1ccc(-n2c(-c3cc(-c4nc5ccccc5n4-c4ccc(C)cc4)cc(-c4nc5ccccc5n4-c4ccc(C)cc4)c3)nc3ccccc32)cc1.Cc1ccc([O][Al]([O]c2ccc(C)c3cccnc23)[O]c2ccc(C)c3cccnc23)c2ncccc12. The summed E-state index contributed by atoms with van der Waals surface area (Å²) in [6.45, 7) is 16.6. The van der Waals surface area contributed by atoms with Gasteiger partial charge in [-0.1, -0.05) is 199 Å². The van der Waals surface area contributed by atoms with Gasteiger partial charge >= 0.3 is 15.1 Å². The second-order valence-corrected chi connectivity index (χ2v) is 31.6. The Labute approximate surface area is 694 Å². The Morgan fingerprint density at radius 3 is 0.866 bits per heavy atom. The molecule has 119 heavy (non-hydrogen) atoms. The number of aromatic nitrogens is 11. The summed E-state index contributed by atoms with van der Waals surface area (Å²) in [5, 5.41) is 5.36. The Morgan fingerprint density at radius 2 is 0.546 bits per heavy atom. The Morgan fingerprint density at radius 1 is 0.244 bits per heavy atom. The zero-order chi connectivity index (χ0) is 80.8. The molecule has 0 amide bonds. The lowest BCUT2D eigenvalue weighted by Gasteiger charge is -2.19. The lowest BCUT2D eigenvalue weighted by molar-refractivity contribution is 0.311. The van der Waals surface area contributed by atoms with Gasteiger partial charge in [-0.3, -0.25) is 38.6 Å². The predicted octanol–water partition coefficient (Wildman–Crippen LogP) is 25.1. The Balaban J connectivity index is 0.000000126. The van der Waals surface area contributed by atoms with Gasteiger partial charge in [0.15, 0.2) is 0 Å². The van der Waals surface area contributed by atoms with Crippen molar-refractivity contribution in [2.24, 2.45) is 0 Å². The summed E-state index contributed by atoms with van der Waals surface area (Å²) >= 11 is -2.90. The maximum Gasteiger partial charge on any atom is 1.20 e. The molecule has 0 aliphatic carbocycles. The molecule has 572 valence electrons. The standard InChI is InChI=1S/C48H36N6.C26H20N2.3C10H9NO.Al/c1-31-16-22-37(23-17-31)52-43-13-7-4-10-40(43)49-46(52)34-28-35(47-50-41-11-5-8-14-44(41)53(47)38-24-18-32(2)19-25-38)30-36(29-34)48-51-42-12-6-9-15-45(42)54(48)39-26-20-33(3)21-27-39;1-17-15-23(19-9-5-3-6-10-19)21-13-14-22-24(20-11-7-4-8-12-20)16-18(2)28-26(22)25(21)27-17;3*1-7-4-5-9(12)10-8(7)3-2-6-11-10;/h4-30H,1-3H3;3-16H,1-2H3;3*2-6,12H,1H3;/q;;;;;+3/p-3. The summed E-state index contributed by atoms with van der Waals surface area (Å²) < 4.78 is 26.4. The lowest BCUT2D eigenvalue weighted by Crippen LogP contribution is -2.37. The van der Waals surface area contributed by atoms with Crippen LogP contribution in [0.5, 0.6) is 17.2 Å². The number of fused-ring (bicyclic) bond motifs is 9. The van der Waals surface area contributed by atoms with Gasteiger partial charge in [-0.15, -0.1) is 0 Å². The van der Waals surface area contributed by atoms with E-state index in [1.165, 1.54) is 38.9 Å². The van der Waals surface area contributed by atoms with E-state index in [2.05, 4.69) is 302 Å². The van der Waals surface area contributed by atoms with Crippen LogP contribution >= 0.6 is 0 Å². The van der Waals surface area contributed by atoms with Gasteiger partial charge in [-0.2, -0.15) is 0 Å². The number of rotatable bonds is 14. The van der Waals surface area contributed by atoms with Gasteiger partial charge in [0.05, 0.1) is 44.1 Å². The van der Waals surface area contributed by atoms with Crippen LogP contribution in [0.15, 0.2) is 340 Å². The maximum absolute atomic E-state index is 6.53. The molecule has 8 aromatic heterocycles. The Kier molecular flexibility index (Phi) is 19.9. The minimum Gasteiger partial charge on any atom is -0.576 e. The number of para-hydroxylation sites is 6. The number of hydrogen-bond acceptors (Lipinski definition) is 11. The van der Waals surface area contributed by atoms with Gasteiger partial charge in [-0.05, 0) is 234 Å². The normalized spacial score (nSPS) is 11.4. The first-order valence-corrected chi connectivity index (χ1v) is 41.3. The van der Waals surface area contributed by atoms with Crippen LogP contribution in [0, 0.1) is 55.4 Å². The first kappa shape index (κ1) is 74.4. The first-order chi connectivity index (χ1) is 58.3. The van der Waals surface area contributed by atoms with E-state index in [0.717, 1.165) is 167 Å². The van der Waals surface area contributed by atoms with Crippen LogP contribution in [0.25, 0.3) is 161 Å². The topological polar surface area (TPSA) is 146 Å². The average Bonchev–Trinajstić information content (AvgIpc) is 1.66. The fourth-order valence-corrected chi connectivity index (χ4v) is 17.4. The molecule has 0 bridgehead atoms. The molecule has 15 heteroatoms. The number of imidazole rings is 3. The van der Waals surface area contributed by atoms with Crippen molar-refractivity contribution in [3.63, 3.8) is 0 Å². The van der Waals surface area contributed by atoms with Crippen molar-refractivity contribution < 1.29 is 11.4 Å². The molecule has 13 aromatic carbocycles. The summed E-state index contributed by atoms with van der Waals surface area (Å²) in [6, 6.07) is 111. The van der Waals surface area contributed by atoms with E-state index in [1.54, 1.807) is 18.6 Å². The zero-order valence-electron chi connectivity index (χ0n) is 67.1. The molecule has 0 aliphatic rings. The fraction of sp³-hybridized carbons (Fsp3) is 0.0769. The van der Waals surface area contributed by atoms with E-state index in [0.29, 0.717) is 17.2 Å². The van der Waals surface area contributed by atoms with Crippen LogP contribution in [0.1, 0.15) is 44.8 Å². The number of benzene rings is 13. The van der Waals surface area contributed by atoms with Gasteiger partial charge in [0.1, 0.15) is 51.3 Å². The van der Waals surface area contributed by atoms with E-state index in [-0.39, 0.29) is 0 Å². The number of nitrogens with zero attached hydrogens (tertiary/aromatic N) is 11. The third kappa shape index (κ3) is 14.6.